The number of rotatable bonds is 5. The van der Waals surface area contributed by atoms with Crippen molar-refractivity contribution in [3.63, 3.8) is 0 Å². The van der Waals surface area contributed by atoms with E-state index in [0.717, 1.165) is 28.8 Å². The second kappa shape index (κ2) is 6.94. The number of hydrogen-bond acceptors (Lipinski definition) is 3. The number of para-hydroxylation sites is 1. The molecule has 3 rings (SSSR count). The molecule has 0 saturated carbocycles. The second-order valence-corrected chi connectivity index (χ2v) is 7.00. The van der Waals surface area contributed by atoms with Gasteiger partial charge in [0.15, 0.2) is 5.95 Å². The molecule has 0 unspecified atom stereocenters. The summed E-state index contributed by atoms with van der Waals surface area (Å²) in [5.74, 6) is -0.547. The molecular weight excluding hydrogens is 341 g/mol. The molecule has 0 fully saturated rings. The normalized spacial score (nSPS) is 12.8. The molecule has 0 aliphatic rings. The number of aromatic nitrogens is 1. The van der Waals surface area contributed by atoms with Gasteiger partial charge in [-0.1, -0.05) is 35.9 Å². The van der Waals surface area contributed by atoms with Crippen LogP contribution >= 0.6 is 0 Å². The van der Waals surface area contributed by atoms with Crippen molar-refractivity contribution in [2.75, 3.05) is 0 Å². The van der Waals surface area contributed by atoms with Crippen molar-refractivity contribution in [1.29, 1.82) is 0 Å². The zero-order valence-electron chi connectivity index (χ0n) is 13.5. The van der Waals surface area contributed by atoms with Crippen molar-refractivity contribution in [1.82, 2.24) is 4.57 Å². The van der Waals surface area contributed by atoms with Crippen LogP contribution < -0.4 is 0 Å². The van der Waals surface area contributed by atoms with E-state index in [0.29, 0.717) is 0 Å². The van der Waals surface area contributed by atoms with E-state index in [1.807, 2.05) is 25.1 Å². The minimum absolute atomic E-state index is 0.0450. The molecule has 0 spiro atoms. The van der Waals surface area contributed by atoms with Gasteiger partial charge in [0.05, 0.1) is 5.52 Å². The lowest BCUT2D eigenvalue weighted by molar-refractivity contribution is 0.443. The fraction of sp³-hybridized carbons (Fsp3) is 0.0526. The monoisotopic (exact) mass is 357 g/mol. The molecule has 0 aliphatic carbocycles. The summed E-state index contributed by atoms with van der Waals surface area (Å²) in [6, 6.07) is 15.4. The summed E-state index contributed by atoms with van der Waals surface area (Å²) in [4.78, 5) is 0.0450. The second-order valence-electron chi connectivity index (χ2n) is 5.43. The summed E-state index contributed by atoms with van der Waals surface area (Å²) in [5, 5.41) is 0.910. The van der Waals surface area contributed by atoms with Gasteiger partial charge in [-0.25, -0.2) is 0 Å². The quantitative estimate of drug-likeness (QED) is 0.380. The summed E-state index contributed by atoms with van der Waals surface area (Å²) in [7, 11) is -3.91. The zero-order valence-corrected chi connectivity index (χ0v) is 14.3. The standard InChI is InChI=1S/C19H16FNO3S/c1-15-8-10-17(11-9-15)25(22,23)24-14-4-7-19(20)21-13-12-16-5-2-3-6-18(16)21/h2-14H,1H3/b14-4-,19-7+. The molecule has 0 saturated heterocycles. The van der Waals surface area contributed by atoms with Crippen LogP contribution in [0.1, 0.15) is 5.56 Å². The molecule has 4 nitrogen and oxygen atoms in total. The third-order valence-electron chi connectivity index (χ3n) is 3.63. The van der Waals surface area contributed by atoms with Crippen LogP contribution in [0.15, 0.2) is 84.1 Å². The molecule has 0 atom stereocenters. The van der Waals surface area contributed by atoms with Gasteiger partial charge in [-0.15, -0.1) is 0 Å². The molecule has 1 heterocycles. The van der Waals surface area contributed by atoms with Gasteiger partial charge in [-0.2, -0.15) is 12.8 Å². The van der Waals surface area contributed by atoms with Gasteiger partial charge >= 0.3 is 10.1 Å². The van der Waals surface area contributed by atoms with E-state index in [2.05, 4.69) is 0 Å². The minimum Gasteiger partial charge on any atom is -0.387 e. The van der Waals surface area contributed by atoms with Crippen LogP contribution in [-0.2, 0) is 14.3 Å². The van der Waals surface area contributed by atoms with Gasteiger partial charge < -0.3 is 4.18 Å². The van der Waals surface area contributed by atoms with E-state index in [1.54, 1.807) is 30.5 Å². The van der Waals surface area contributed by atoms with Gasteiger partial charge in [0, 0.05) is 11.6 Å². The Kier molecular flexibility index (Phi) is 4.72. The predicted octanol–water partition coefficient (Wildman–Crippen LogP) is 4.64. The number of halogens is 1. The van der Waals surface area contributed by atoms with Gasteiger partial charge in [-0.3, -0.25) is 4.57 Å². The molecular formula is C19H16FNO3S. The molecule has 0 bridgehead atoms. The lowest BCUT2D eigenvalue weighted by atomic mass is 10.2. The molecule has 0 amide bonds. The van der Waals surface area contributed by atoms with E-state index in [1.165, 1.54) is 22.8 Å². The third kappa shape index (κ3) is 3.80. The van der Waals surface area contributed by atoms with E-state index in [-0.39, 0.29) is 4.90 Å². The van der Waals surface area contributed by atoms with Crippen molar-refractivity contribution >= 4 is 27.0 Å². The molecule has 0 radical (unpaired) electrons. The fourth-order valence-electron chi connectivity index (χ4n) is 2.33. The third-order valence-corrected chi connectivity index (χ3v) is 4.85. The van der Waals surface area contributed by atoms with Gasteiger partial charge in [0.25, 0.3) is 0 Å². The van der Waals surface area contributed by atoms with Crippen LogP contribution in [0, 0.1) is 6.92 Å². The molecule has 0 N–H and O–H groups in total. The Morgan fingerprint density at radius 2 is 1.80 bits per heavy atom. The van der Waals surface area contributed by atoms with Crippen LogP contribution in [0.25, 0.3) is 16.9 Å². The molecule has 6 heteroatoms. The largest absolute Gasteiger partial charge is 0.387 e. The topological polar surface area (TPSA) is 48.3 Å². The summed E-state index contributed by atoms with van der Waals surface area (Å²) in [5.41, 5.74) is 1.66. The van der Waals surface area contributed by atoms with Crippen LogP contribution in [0.2, 0.25) is 0 Å². The maximum absolute atomic E-state index is 14.3. The van der Waals surface area contributed by atoms with Crippen molar-refractivity contribution < 1.29 is 17.0 Å². The van der Waals surface area contributed by atoms with Gasteiger partial charge in [-0.05, 0) is 43.3 Å². The Bertz CT molecular complexity index is 1050. The van der Waals surface area contributed by atoms with E-state index >= 15 is 0 Å². The molecule has 128 valence electrons. The van der Waals surface area contributed by atoms with Gasteiger partial charge in [0.1, 0.15) is 11.2 Å². The first-order valence-electron chi connectivity index (χ1n) is 7.56. The van der Waals surface area contributed by atoms with Gasteiger partial charge in [0.2, 0.25) is 0 Å². The number of nitrogens with zero attached hydrogens (tertiary/aromatic N) is 1. The van der Waals surface area contributed by atoms with Crippen molar-refractivity contribution in [2.24, 2.45) is 0 Å². The lowest BCUT2D eigenvalue weighted by Crippen LogP contribution is -2.01. The first-order valence-corrected chi connectivity index (χ1v) is 8.97. The summed E-state index contributed by atoms with van der Waals surface area (Å²) < 4.78 is 44.4. The number of benzene rings is 2. The fourth-order valence-corrected chi connectivity index (χ4v) is 3.12. The Morgan fingerprint density at radius 3 is 2.56 bits per heavy atom. The highest BCUT2D eigenvalue weighted by Crippen LogP contribution is 2.20. The maximum Gasteiger partial charge on any atom is 0.338 e. The molecule has 25 heavy (non-hydrogen) atoms. The zero-order chi connectivity index (χ0) is 17.9. The minimum atomic E-state index is -3.91. The number of aryl methyl sites for hydroxylation is 1. The average molecular weight is 357 g/mol. The Labute approximate surface area is 145 Å². The van der Waals surface area contributed by atoms with E-state index < -0.39 is 16.1 Å². The first-order chi connectivity index (χ1) is 12.0. The Hall–Kier alpha value is -2.86. The first kappa shape index (κ1) is 17.0. The van der Waals surface area contributed by atoms with Crippen LogP contribution in [-0.4, -0.2) is 13.0 Å². The molecule has 0 aliphatic heterocycles. The van der Waals surface area contributed by atoms with Crippen molar-refractivity contribution in [3.05, 3.63) is 84.8 Å². The summed E-state index contributed by atoms with van der Waals surface area (Å²) in [6.45, 7) is 1.86. The highest BCUT2D eigenvalue weighted by Gasteiger charge is 2.13. The van der Waals surface area contributed by atoms with Crippen molar-refractivity contribution in [3.8, 4) is 0 Å². The summed E-state index contributed by atoms with van der Waals surface area (Å²) >= 11 is 0. The molecule has 2 aromatic carbocycles. The van der Waals surface area contributed by atoms with E-state index in [9.17, 15) is 12.8 Å². The van der Waals surface area contributed by atoms with Crippen LogP contribution in [0.3, 0.4) is 0 Å². The van der Waals surface area contributed by atoms with Crippen LogP contribution in [0.5, 0.6) is 0 Å². The number of allylic oxidation sites excluding steroid dienone is 2. The lowest BCUT2D eigenvalue weighted by Gasteiger charge is -2.03. The van der Waals surface area contributed by atoms with Crippen molar-refractivity contribution in [2.45, 2.75) is 11.8 Å². The SMILES string of the molecule is Cc1ccc(S(=O)(=O)O/C=C\C=C(/F)n2ccc3ccccc32)cc1. The maximum atomic E-state index is 14.3. The highest BCUT2D eigenvalue weighted by atomic mass is 32.2. The average Bonchev–Trinajstić information content (AvgIpc) is 3.03. The van der Waals surface area contributed by atoms with Crippen LogP contribution in [0.4, 0.5) is 4.39 Å². The molecule has 3 aromatic rings. The predicted molar refractivity (Wildman–Crippen MR) is 95.9 cm³/mol. The highest BCUT2D eigenvalue weighted by molar-refractivity contribution is 7.86. The smallest absolute Gasteiger partial charge is 0.338 e. The summed E-state index contributed by atoms with van der Waals surface area (Å²) in [6.07, 6.45) is 4.89. The van der Waals surface area contributed by atoms with E-state index in [4.69, 9.17) is 4.18 Å². The Balaban J connectivity index is 1.74. The number of fused-ring (bicyclic) bond motifs is 1. The Morgan fingerprint density at radius 1 is 1.08 bits per heavy atom. The number of hydrogen-bond donors (Lipinski definition) is 0. The molecule has 1 aromatic heterocycles.